The normalized spacial score (nSPS) is 11.6. The van der Waals surface area contributed by atoms with Gasteiger partial charge in [0.15, 0.2) is 6.29 Å². The first-order valence-electron chi connectivity index (χ1n) is 17.1. The van der Waals surface area contributed by atoms with Crippen molar-refractivity contribution in [2.45, 2.75) is 0 Å². The number of nitrogens with one attached hydrogen (secondary N) is 2. The Morgan fingerprint density at radius 1 is 0.625 bits per heavy atom. The van der Waals surface area contributed by atoms with Crippen LogP contribution >= 0.6 is 95.3 Å². The molecule has 0 aliphatic rings. The van der Waals surface area contributed by atoms with E-state index >= 15 is 0 Å². The summed E-state index contributed by atoms with van der Waals surface area (Å²) >= 11 is 15.4. The van der Waals surface area contributed by atoms with Crippen molar-refractivity contribution in [3.63, 3.8) is 0 Å². The van der Waals surface area contributed by atoms with E-state index in [9.17, 15) is 4.79 Å². The Morgan fingerprint density at radius 3 is 1.82 bits per heavy atom. The lowest BCUT2D eigenvalue weighted by Gasteiger charge is -1.90. The maximum absolute atomic E-state index is 10.7. The first kappa shape index (κ1) is 37.1. The monoisotopic (exact) mass is 918 g/mol. The lowest BCUT2D eigenvalue weighted by Crippen LogP contribution is -1.79. The number of hydrogen-bond donors (Lipinski definition) is 2. The van der Waals surface area contributed by atoms with Crippen LogP contribution in [0.15, 0.2) is 106 Å². The number of hydrogen-bond acceptors (Lipinski definition) is 11. The summed E-state index contributed by atoms with van der Waals surface area (Å²) in [5.74, 6) is 0. The molecule has 0 saturated heterocycles. The molecule has 0 radical (unpaired) electrons. The molecule has 4 aromatic carbocycles. The van der Waals surface area contributed by atoms with Crippen molar-refractivity contribution in [1.82, 2.24) is 4.98 Å². The van der Waals surface area contributed by atoms with Gasteiger partial charge >= 0.3 is 0 Å². The van der Waals surface area contributed by atoms with E-state index in [0.717, 1.165) is 36.7 Å². The standard InChI is InChI=1S/C21H13N3S3.C12H9NOS2.C10H5BrS2/c1-22-16(21-24-15-5-3-4-6-17(15)27-21)11-14-7-12-8-19-13(9-18(12)25-14)10-20(23-2)26-19;1-13-12-5-8-4-10-7(3-11(8)16-12)2-9(6-14)15-10;11-10-5-7-4-8-6(1-2-12-8)3-9(7)13-10/h3-11,23H,2H3;2-6,13H,1H3;1-5H/b16-11-;;. The molecule has 0 amide bonds. The number of fused-ring (bicyclic) bond motifs is 7. The molecule has 7 aromatic heterocycles. The number of aromatic nitrogens is 1. The molecule has 0 bridgehead atoms. The first-order valence-corrected chi connectivity index (χ1v) is 23.7. The minimum Gasteiger partial charge on any atom is -0.380 e. The number of halogens is 1. The van der Waals surface area contributed by atoms with Gasteiger partial charge in [0.2, 0.25) is 5.70 Å². The van der Waals surface area contributed by atoms with Crippen molar-refractivity contribution < 1.29 is 4.79 Å². The molecule has 0 aliphatic heterocycles. The van der Waals surface area contributed by atoms with Gasteiger partial charge < -0.3 is 10.6 Å². The van der Waals surface area contributed by atoms with Crippen molar-refractivity contribution in [2.24, 2.45) is 0 Å². The summed E-state index contributed by atoms with van der Waals surface area (Å²) in [4.78, 5) is 21.0. The molecule has 0 fully saturated rings. The van der Waals surface area contributed by atoms with Crippen LogP contribution in [-0.2, 0) is 0 Å². The second kappa shape index (κ2) is 15.8. The third-order valence-corrected chi connectivity index (χ3v) is 16.8. The van der Waals surface area contributed by atoms with Crippen LogP contribution in [0.2, 0.25) is 0 Å². The summed E-state index contributed by atoms with van der Waals surface area (Å²) in [6, 6.07) is 34.1. The number of carbonyl (C=O) groups excluding carboxylic acids is 1. The molecule has 274 valence electrons. The van der Waals surface area contributed by atoms with Gasteiger partial charge in [-0.05, 0) is 145 Å². The number of thiazole rings is 1. The quantitative estimate of drug-likeness (QED) is 0.133. The topological polar surface area (TPSA) is 58.4 Å². The van der Waals surface area contributed by atoms with E-state index in [1.54, 1.807) is 79.4 Å². The predicted molar refractivity (Wildman–Crippen MR) is 258 cm³/mol. The fourth-order valence-corrected chi connectivity index (χ4v) is 13.4. The molecule has 0 unspecified atom stereocenters. The first-order chi connectivity index (χ1) is 27.4. The number of aldehydes is 1. The van der Waals surface area contributed by atoms with E-state index in [1.165, 1.54) is 68.9 Å². The van der Waals surface area contributed by atoms with Crippen molar-refractivity contribution in [1.29, 1.82) is 0 Å². The van der Waals surface area contributed by atoms with Gasteiger partial charge in [-0.2, -0.15) is 0 Å². The van der Waals surface area contributed by atoms with Crippen LogP contribution in [0, 0.1) is 6.57 Å². The van der Waals surface area contributed by atoms with Crippen LogP contribution in [0.25, 0.3) is 87.4 Å². The molecule has 11 aromatic rings. The maximum atomic E-state index is 10.7. The second-order valence-corrected chi connectivity index (χ2v) is 21.4. The van der Waals surface area contributed by atoms with Gasteiger partial charge in [0, 0.05) is 47.2 Å². The summed E-state index contributed by atoms with van der Waals surface area (Å²) in [6.07, 6.45) is 2.88. The third kappa shape index (κ3) is 7.52. The lowest BCUT2D eigenvalue weighted by molar-refractivity contribution is 0.112. The molecule has 0 spiro atoms. The van der Waals surface area contributed by atoms with Crippen molar-refractivity contribution in [2.75, 3.05) is 24.7 Å². The molecule has 0 saturated carbocycles. The fraction of sp³-hybridized carbons (Fsp3) is 0.0465. The molecule has 0 aliphatic carbocycles. The van der Waals surface area contributed by atoms with E-state index in [2.05, 4.69) is 109 Å². The number of anilines is 2. The van der Waals surface area contributed by atoms with Gasteiger partial charge in [0.25, 0.3) is 0 Å². The van der Waals surface area contributed by atoms with Crippen molar-refractivity contribution >= 4 is 194 Å². The molecule has 56 heavy (non-hydrogen) atoms. The number of thiophene rings is 6. The Balaban J connectivity index is 0.000000120. The number of rotatable bonds is 5. The molecule has 0 atom stereocenters. The number of carbonyl (C=O) groups is 1. The van der Waals surface area contributed by atoms with Gasteiger partial charge in [-0.3, -0.25) is 4.79 Å². The van der Waals surface area contributed by atoms with Gasteiger partial charge in [0.05, 0.1) is 35.5 Å². The van der Waals surface area contributed by atoms with E-state index in [1.807, 2.05) is 50.5 Å². The summed E-state index contributed by atoms with van der Waals surface area (Å²) < 4.78 is 10.00. The minimum atomic E-state index is 0.599. The van der Waals surface area contributed by atoms with Crippen LogP contribution in [0.3, 0.4) is 0 Å². The molecular formula is C43H27BrN4OS7. The molecule has 13 heteroatoms. The highest BCUT2D eigenvalue weighted by Crippen LogP contribution is 2.39. The van der Waals surface area contributed by atoms with Gasteiger partial charge in [-0.1, -0.05) is 12.1 Å². The molecule has 7 heterocycles. The number of benzene rings is 4. The highest BCUT2D eigenvalue weighted by molar-refractivity contribution is 9.11. The highest BCUT2D eigenvalue weighted by Gasteiger charge is 2.12. The van der Waals surface area contributed by atoms with Crippen LogP contribution in [0.5, 0.6) is 0 Å². The molecule has 5 nitrogen and oxygen atoms in total. The molecular weight excluding hydrogens is 893 g/mol. The van der Waals surface area contributed by atoms with Crippen LogP contribution in [0.4, 0.5) is 10.0 Å². The largest absolute Gasteiger partial charge is 0.380 e. The Morgan fingerprint density at radius 2 is 1.18 bits per heavy atom. The predicted octanol–water partition coefficient (Wildman–Crippen LogP) is 16.0. The third-order valence-electron chi connectivity index (χ3n) is 8.93. The van der Waals surface area contributed by atoms with Crippen molar-refractivity contribution in [3.05, 3.63) is 132 Å². The van der Waals surface area contributed by atoms with Gasteiger partial charge in [-0.25, -0.2) is 9.83 Å². The van der Waals surface area contributed by atoms with E-state index in [4.69, 9.17) is 6.57 Å². The summed E-state index contributed by atoms with van der Waals surface area (Å²) in [5, 5.41) is 19.2. The highest BCUT2D eigenvalue weighted by atomic mass is 79.9. The average Bonchev–Trinajstić information content (AvgIpc) is 4.07. The minimum absolute atomic E-state index is 0.599. The van der Waals surface area contributed by atoms with E-state index in [-0.39, 0.29) is 0 Å². The molecule has 2 N–H and O–H groups in total. The van der Waals surface area contributed by atoms with E-state index < -0.39 is 0 Å². The second-order valence-electron chi connectivity index (χ2n) is 12.5. The zero-order chi connectivity index (χ0) is 38.3. The zero-order valence-corrected chi connectivity index (χ0v) is 36.8. The van der Waals surface area contributed by atoms with Crippen LogP contribution in [0.1, 0.15) is 19.6 Å². The number of para-hydroxylation sites is 1. The fourth-order valence-electron chi connectivity index (χ4n) is 6.28. The van der Waals surface area contributed by atoms with Crippen molar-refractivity contribution in [3.8, 4) is 0 Å². The van der Waals surface area contributed by atoms with E-state index in [0.29, 0.717) is 5.70 Å². The zero-order valence-electron chi connectivity index (χ0n) is 29.5. The van der Waals surface area contributed by atoms with Gasteiger partial charge in [-0.15, -0.1) is 79.4 Å². The number of nitrogens with zero attached hydrogens (tertiary/aromatic N) is 2. The summed E-state index contributed by atoms with van der Waals surface area (Å²) in [7, 11) is 3.88. The Bertz CT molecular complexity index is 3130. The average molecular weight is 920 g/mol. The Kier molecular flexibility index (Phi) is 10.5. The maximum Gasteiger partial charge on any atom is 0.223 e. The Labute approximate surface area is 357 Å². The lowest BCUT2D eigenvalue weighted by atomic mass is 10.2. The Hall–Kier alpha value is -4.49. The summed E-state index contributed by atoms with van der Waals surface area (Å²) in [6.45, 7) is 7.62. The molecule has 11 rings (SSSR count). The van der Waals surface area contributed by atoms with Gasteiger partial charge in [0.1, 0.15) is 5.01 Å². The summed E-state index contributed by atoms with van der Waals surface area (Å²) in [5.41, 5.74) is 1.55. The smallest absolute Gasteiger partial charge is 0.223 e. The van der Waals surface area contributed by atoms with Crippen LogP contribution < -0.4 is 10.6 Å². The SMILES string of the molecule is Brc1cc2cc3sccc3cc2s1.CNc1cc2cc3sc(C=O)cc3cc2s1.[C-]#[N+]/C(=C\c1cc2cc3sc(NC)cc3cc2s1)c1nc2ccccc2s1. The van der Waals surface area contributed by atoms with Crippen LogP contribution in [-0.4, -0.2) is 25.4 Å².